The highest BCUT2D eigenvalue weighted by Gasteiger charge is 2.25. The summed E-state index contributed by atoms with van der Waals surface area (Å²) >= 11 is 3.24. The summed E-state index contributed by atoms with van der Waals surface area (Å²) in [5, 5.41) is 5.68. The average molecular weight is 456 g/mol. The fourth-order valence-electron chi connectivity index (χ4n) is 3.51. The first kappa shape index (κ1) is 22.8. The van der Waals surface area contributed by atoms with Gasteiger partial charge in [0.15, 0.2) is 0 Å². The second-order valence-electron chi connectivity index (χ2n) is 7.96. The Hall–Kier alpha value is -1.47. The second-order valence-corrected chi connectivity index (χ2v) is 8.82. The number of rotatable bonds is 8. The second kappa shape index (κ2) is 10.9. The molecule has 28 heavy (non-hydrogen) atoms. The zero-order valence-corrected chi connectivity index (χ0v) is 18.5. The van der Waals surface area contributed by atoms with Gasteiger partial charge >= 0.3 is 0 Å². The van der Waals surface area contributed by atoms with Crippen LogP contribution in [0.3, 0.4) is 0 Å². The first-order chi connectivity index (χ1) is 13.3. The summed E-state index contributed by atoms with van der Waals surface area (Å²) in [5.74, 6) is 0.272. The lowest BCUT2D eigenvalue weighted by atomic mass is 9.94. The highest BCUT2D eigenvalue weighted by Crippen LogP contribution is 2.21. The van der Waals surface area contributed by atoms with Crippen LogP contribution < -0.4 is 10.6 Å². The number of nitrogens with one attached hydrogen (secondary N) is 2. The molecule has 2 rings (SSSR count). The monoisotopic (exact) mass is 455 g/mol. The maximum atomic E-state index is 13.3. The number of likely N-dealkylation sites (tertiary alicyclic amines) is 1. The smallest absolute Gasteiger partial charge is 0.252 e. The predicted octanol–water partition coefficient (Wildman–Crippen LogP) is 3.58. The summed E-state index contributed by atoms with van der Waals surface area (Å²) in [5.41, 5.74) is 0.222. The van der Waals surface area contributed by atoms with E-state index in [1.54, 1.807) is 0 Å². The minimum atomic E-state index is -0.474. The lowest BCUT2D eigenvalue weighted by Crippen LogP contribution is -2.49. The molecule has 1 heterocycles. The van der Waals surface area contributed by atoms with E-state index < -0.39 is 11.7 Å². The van der Waals surface area contributed by atoms with E-state index in [1.807, 2.05) is 0 Å². The Morgan fingerprint density at radius 1 is 1.25 bits per heavy atom. The molecule has 1 fully saturated rings. The van der Waals surface area contributed by atoms with Crippen molar-refractivity contribution in [2.24, 2.45) is 11.8 Å². The summed E-state index contributed by atoms with van der Waals surface area (Å²) in [7, 11) is 0. The molecule has 2 amide bonds. The third-order valence-corrected chi connectivity index (χ3v) is 6.07. The highest BCUT2D eigenvalue weighted by atomic mass is 79.9. The minimum absolute atomic E-state index is 0.0883. The molecule has 0 spiro atoms. The molecule has 0 aromatic heterocycles. The SMILES string of the molecule is CC1CCN(C(CNC(=O)CCNC(=O)c2cc(F)ccc2Br)C(C)C)CC1. The fraction of sp³-hybridized carbons (Fsp3) is 0.619. The topological polar surface area (TPSA) is 61.4 Å². The molecular weight excluding hydrogens is 425 g/mol. The molecule has 0 bridgehead atoms. The average Bonchev–Trinajstić information content (AvgIpc) is 2.65. The number of amides is 2. The molecule has 1 aliphatic heterocycles. The van der Waals surface area contributed by atoms with Crippen LogP contribution in [0.1, 0.15) is 50.4 Å². The maximum Gasteiger partial charge on any atom is 0.252 e. The zero-order valence-electron chi connectivity index (χ0n) is 16.9. The van der Waals surface area contributed by atoms with Gasteiger partial charge < -0.3 is 10.6 Å². The quantitative estimate of drug-likeness (QED) is 0.629. The van der Waals surface area contributed by atoms with Crippen molar-refractivity contribution in [3.05, 3.63) is 34.1 Å². The van der Waals surface area contributed by atoms with Crippen LogP contribution in [-0.4, -0.2) is 48.9 Å². The Morgan fingerprint density at radius 3 is 2.57 bits per heavy atom. The van der Waals surface area contributed by atoms with Crippen molar-refractivity contribution in [2.45, 2.75) is 46.1 Å². The summed E-state index contributed by atoms with van der Waals surface area (Å²) in [6.45, 7) is 9.66. The molecular formula is C21H31BrFN3O2. The molecule has 0 aliphatic carbocycles. The van der Waals surface area contributed by atoms with E-state index in [2.05, 4.69) is 52.2 Å². The predicted molar refractivity (Wildman–Crippen MR) is 113 cm³/mol. The largest absolute Gasteiger partial charge is 0.354 e. The number of carbonyl (C=O) groups is 2. The van der Waals surface area contributed by atoms with Crippen LogP contribution >= 0.6 is 15.9 Å². The number of benzene rings is 1. The van der Waals surface area contributed by atoms with Crippen molar-refractivity contribution in [3.8, 4) is 0 Å². The van der Waals surface area contributed by atoms with Gasteiger partial charge in [-0.3, -0.25) is 14.5 Å². The molecule has 2 N–H and O–H groups in total. The Morgan fingerprint density at radius 2 is 1.93 bits per heavy atom. The van der Waals surface area contributed by atoms with E-state index in [1.165, 1.54) is 31.0 Å². The maximum absolute atomic E-state index is 13.3. The van der Waals surface area contributed by atoms with Gasteiger partial charge in [0.05, 0.1) is 5.56 Å². The summed E-state index contributed by atoms with van der Waals surface area (Å²) in [4.78, 5) is 26.8. The van der Waals surface area contributed by atoms with Crippen LogP contribution in [0.2, 0.25) is 0 Å². The standard InChI is InChI=1S/C21H31BrFN3O2/c1-14(2)19(26-10-7-15(3)8-11-26)13-25-20(27)6-9-24-21(28)17-12-16(23)4-5-18(17)22/h4-5,12,14-15,19H,6-11,13H2,1-3H3,(H,24,28)(H,25,27). The van der Waals surface area contributed by atoms with Gasteiger partial charge in [0, 0.05) is 30.0 Å². The van der Waals surface area contributed by atoms with E-state index in [0.29, 0.717) is 23.0 Å². The van der Waals surface area contributed by atoms with Gasteiger partial charge in [-0.1, -0.05) is 20.8 Å². The molecule has 1 aliphatic rings. The van der Waals surface area contributed by atoms with Gasteiger partial charge in [0.1, 0.15) is 5.82 Å². The fourth-order valence-corrected chi connectivity index (χ4v) is 3.94. The van der Waals surface area contributed by atoms with Crippen molar-refractivity contribution < 1.29 is 14.0 Å². The first-order valence-electron chi connectivity index (χ1n) is 10.0. The van der Waals surface area contributed by atoms with E-state index in [4.69, 9.17) is 0 Å². The molecule has 1 aromatic rings. The van der Waals surface area contributed by atoms with Crippen LogP contribution in [0.15, 0.2) is 22.7 Å². The van der Waals surface area contributed by atoms with E-state index in [9.17, 15) is 14.0 Å². The van der Waals surface area contributed by atoms with Crippen LogP contribution in [0.4, 0.5) is 4.39 Å². The highest BCUT2D eigenvalue weighted by molar-refractivity contribution is 9.10. The van der Waals surface area contributed by atoms with Crippen LogP contribution in [0.25, 0.3) is 0 Å². The Labute approximate surface area is 175 Å². The Kier molecular flexibility index (Phi) is 8.89. The third-order valence-electron chi connectivity index (χ3n) is 5.38. The number of hydrogen-bond donors (Lipinski definition) is 2. The van der Waals surface area contributed by atoms with E-state index in [0.717, 1.165) is 19.0 Å². The third kappa shape index (κ3) is 6.85. The van der Waals surface area contributed by atoms with Gasteiger partial charge in [-0.05, 0) is 71.9 Å². The molecule has 156 valence electrons. The van der Waals surface area contributed by atoms with Crippen LogP contribution in [0, 0.1) is 17.7 Å². The molecule has 1 atom stereocenters. The van der Waals surface area contributed by atoms with Gasteiger partial charge in [-0.25, -0.2) is 4.39 Å². The zero-order chi connectivity index (χ0) is 20.7. The number of carbonyl (C=O) groups excluding carboxylic acids is 2. The number of nitrogens with zero attached hydrogens (tertiary/aromatic N) is 1. The van der Waals surface area contributed by atoms with Crippen molar-refractivity contribution in [2.75, 3.05) is 26.2 Å². The van der Waals surface area contributed by atoms with Crippen molar-refractivity contribution in [1.82, 2.24) is 15.5 Å². The number of hydrogen-bond acceptors (Lipinski definition) is 3. The van der Waals surface area contributed by atoms with E-state index >= 15 is 0 Å². The molecule has 5 nitrogen and oxygen atoms in total. The first-order valence-corrected chi connectivity index (χ1v) is 10.8. The normalized spacial score (nSPS) is 16.8. The van der Waals surface area contributed by atoms with Crippen molar-refractivity contribution in [1.29, 1.82) is 0 Å². The lowest BCUT2D eigenvalue weighted by Gasteiger charge is -2.38. The van der Waals surface area contributed by atoms with Gasteiger partial charge in [-0.15, -0.1) is 0 Å². The number of halogens is 2. The summed E-state index contributed by atoms with van der Waals surface area (Å²) in [6.07, 6.45) is 2.61. The molecule has 1 saturated heterocycles. The summed E-state index contributed by atoms with van der Waals surface area (Å²) < 4.78 is 13.8. The van der Waals surface area contributed by atoms with Crippen molar-refractivity contribution >= 4 is 27.7 Å². The molecule has 0 saturated carbocycles. The van der Waals surface area contributed by atoms with Gasteiger partial charge in [0.25, 0.3) is 5.91 Å². The van der Waals surface area contributed by atoms with Crippen molar-refractivity contribution in [3.63, 3.8) is 0 Å². The minimum Gasteiger partial charge on any atom is -0.354 e. The lowest BCUT2D eigenvalue weighted by molar-refractivity contribution is -0.121. The molecule has 1 unspecified atom stereocenters. The Bertz CT molecular complexity index is 676. The van der Waals surface area contributed by atoms with E-state index in [-0.39, 0.29) is 24.4 Å². The summed E-state index contributed by atoms with van der Waals surface area (Å²) in [6, 6.07) is 4.27. The van der Waals surface area contributed by atoms with Crippen LogP contribution in [0.5, 0.6) is 0 Å². The van der Waals surface area contributed by atoms with Gasteiger partial charge in [-0.2, -0.15) is 0 Å². The Balaban J connectivity index is 1.75. The molecule has 1 aromatic carbocycles. The number of piperidine rings is 1. The van der Waals surface area contributed by atoms with Crippen LogP contribution in [-0.2, 0) is 4.79 Å². The molecule has 0 radical (unpaired) electrons. The molecule has 7 heteroatoms. The van der Waals surface area contributed by atoms with Gasteiger partial charge in [0.2, 0.25) is 5.91 Å².